The topological polar surface area (TPSA) is 32.5 Å². The Balaban J connectivity index is 1.91. The van der Waals surface area contributed by atoms with Crippen LogP contribution in [0, 0.1) is 5.82 Å². The lowest BCUT2D eigenvalue weighted by Gasteiger charge is -2.44. The Labute approximate surface area is 118 Å². The number of fused-ring (bicyclic) bond motifs is 1. The molecular weight excluding hydrogens is 265 g/mol. The van der Waals surface area contributed by atoms with Gasteiger partial charge in [0.25, 0.3) is 0 Å². The number of anilines is 2. The molecule has 0 amide bonds. The molecule has 2 aliphatic heterocycles. The van der Waals surface area contributed by atoms with Gasteiger partial charge in [0.15, 0.2) is 0 Å². The number of nitrogens with two attached hydrogens (primary N) is 1. The van der Waals surface area contributed by atoms with E-state index in [-0.39, 0.29) is 5.02 Å². The minimum Gasteiger partial charge on any atom is -0.397 e. The van der Waals surface area contributed by atoms with Crippen molar-refractivity contribution in [3.05, 3.63) is 23.0 Å². The molecule has 0 radical (unpaired) electrons. The molecular formula is C14H19ClFN3. The van der Waals surface area contributed by atoms with E-state index in [0.717, 1.165) is 18.8 Å². The molecule has 3 nitrogen and oxygen atoms in total. The molecule has 2 aliphatic rings. The zero-order chi connectivity index (χ0) is 13.6. The Morgan fingerprint density at radius 1 is 1.37 bits per heavy atom. The number of piperazine rings is 1. The van der Waals surface area contributed by atoms with E-state index in [1.54, 1.807) is 6.07 Å². The molecule has 5 heteroatoms. The fraction of sp³-hybridized carbons (Fsp3) is 0.571. The van der Waals surface area contributed by atoms with Crippen LogP contribution in [0.5, 0.6) is 0 Å². The van der Waals surface area contributed by atoms with Gasteiger partial charge in [-0.3, -0.25) is 4.90 Å². The molecule has 2 N–H and O–H groups in total. The van der Waals surface area contributed by atoms with Crippen LogP contribution in [0.15, 0.2) is 12.1 Å². The first-order valence-corrected chi connectivity index (χ1v) is 7.19. The number of hydrogen-bond acceptors (Lipinski definition) is 3. The van der Waals surface area contributed by atoms with Crippen molar-refractivity contribution in [2.24, 2.45) is 0 Å². The highest BCUT2D eigenvalue weighted by atomic mass is 35.5. The van der Waals surface area contributed by atoms with Crippen LogP contribution in [-0.4, -0.2) is 36.6 Å². The summed E-state index contributed by atoms with van der Waals surface area (Å²) in [7, 11) is 0. The van der Waals surface area contributed by atoms with Crippen molar-refractivity contribution < 1.29 is 4.39 Å². The van der Waals surface area contributed by atoms with Gasteiger partial charge in [-0.05, 0) is 32.4 Å². The van der Waals surface area contributed by atoms with Crippen LogP contribution in [0.4, 0.5) is 15.8 Å². The van der Waals surface area contributed by atoms with Crippen molar-refractivity contribution in [2.75, 3.05) is 30.3 Å². The molecule has 0 saturated carbocycles. The smallest absolute Gasteiger partial charge is 0.143 e. The number of benzene rings is 1. The molecule has 19 heavy (non-hydrogen) atoms. The summed E-state index contributed by atoms with van der Waals surface area (Å²) in [6.07, 6.45) is 2.50. The van der Waals surface area contributed by atoms with E-state index in [1.165, 1.54) is 25.5 Å². The highest BCUT2D eigenvalue weighted by Crippen LogP contribution is 2.34. The van der Waals surface area contributed by atoms with Gasteiger partial charge in [-0.25, -0.2) is 4.39 Å². The summed E-state index contributed by atoms with van der Waals surface area (Å²) >= 11 is 5.90. The van der Waals surface area contributed by atoms with Crippen molar-refractivity contribution >= 4 is 23.0 Å². The van der Waals surface area contributed by atoms with E-state index in [0.29, 0.717) is 17.8 Å². The van der Waals surface area contributed by atoms with Crippen molar-refractivity contribution in [3.8, 4) is 0 Å². The minimum absolute atomic E-state index is 0.144. The quantitative estimate of drug-likeness (QED) is 0.805. The van der Waals surface area contributed by atoms with Gasteiger partial charge in [-0.1, -0.05) is 11.6 Å². The third kappa shape index (κ3) is 2.28. The predicted molar refractivity (Wildman–Crippen MR) is 77.2 cm³/mol. The molecule has 2 unspecified atom stereocenters. The fourth-order valence-electron chi connectivity index (χ4n) is 3.32. The van der Waals surface area contributed by atoms with E-state index in [4.69, 9.17) is 17.3 Å². The van der Waals surface area contributed by atoms with E-state index in [1.807, 2.05) is 0 Å². The Hall–Kier alpha value is -1.00. The zero-order valence-corrected chi connectivity index (χ0v) is 11.8. The summed E-state index contributed by atoms with van der Waals surface area (Å²) in [5.41, 5.74) is 7.31. The second kappa shape index (κ2) is 4.84. The maximum absolute atomic E-state index is 13.4. The number of nitrogen functional groups attached to an aromatic ring is 1. The van der Waals surface area contributed by atoms with E-state index >= 15 is 0 Å². The summed E-state index contributed by atoms with van der Waals surface area (Å²) in [4.78, 5) is 4.82. The lowest BCUT2D eigenvalue weighted by Crippen LogP contribution is -2.55. The molecule has 0 aromatic heterocycles. The maximum Gasteiger partial charge on any atom is 0.143 e. The van der Waals surface area contributed by atoms with Gasteiger partial charge in [0.05, 0.1) is 16.4 Å². The molecule has 0 spiro atoms. The molecule has 2 fully saturated rings. The molecule has 0 aliphatic carbocycles. The molecule has 104 valence electrons. The molecule has 2 saturated heterocycles. The SMILES string of the molecule is CC1CN2CCCC2CN1c1cc(Cl)c(F)cc1N. The van der Waals surface area contributed by atoms with Gasteiger partial charge in [0.2, 0.25) is 0 Å². The van der Waals surface area contributed by atoms with Crippen LogP contribution in [-0.2, 0) is 0 Å². The third-order valence-electron chi connectivity index (χ3n) is 4.32. The largest absolute Gasteiger partial charge is 0.397 e. The molecule has 1 aromatic carbocycles. The van der Waals surface area contributed by atoms with Crippen LogP contribution in [0.3, 0.4) is 0 Å². The lowest BCUT2D eigenvalue weighted by atomic mass is 10.1. The second-order valence-corrected chi connectivity index (χ2v) is 6.02. The summed E-state index contributed by atoms with van der Waals surface area (Å²) < 4.78 is 13.4. The van der Waals surface area contributed by atoms with Gasteiger partial charge in [-0.15, -0.1) is 0 Å². The number of halogens is 2. The first-order chi connectivity index (χ1) is 9.06. The monoisotopic (exact) mass is 283 g/mol. The average Bonchev–Trinajstić information content (AvgIpc) is 2.80. The third-order valence-corrected chi connectivity index (χ3v) is 4.61. The van der Waals surface area contributed by atoms with Crippen LogP contribution in [0.2, 0.25) is 5.02 Å². The van der Waals surface area contributed by atoms with E-state index in [2.05, 4.69) is 16.7 Å². The molecule has 1 aromatic rings. The predicted octanol–water partition coefficient (Wildman–Crippen LogP) is 2.73. The van der Waals surface area contributed by atoms with Crippen molar-refractivity contribution in [2.45, 2.75) is 31.8 Å². The Kier molecular flexibility index (Phi) is 3.31. The van der Waals surface area contributed by atoms with Crippen molar-refractivity contribution in [1.82, 2.24) is 4.90 Å². The maximum atomic E-state index is 13.4. The first kappa shape index (κ1) is 13.0. The number of hydrogen-bond donors (Lipinski definition) is 1. The minimum atomic E-state index is -0.449. The van der Waals surface area contributed by atoms with Gasteiger partial charge in [0, 0.05) is 31.2 Å². The molecule has 2 heterocycles. The molecule has 3 rings (SSSR count). The fourth-order valence-corrected chi connectivity index (χ4v) is 3.48. The Bertz CT molecular complexity index is 494. The van der Waals surface area contributed by atoms with Gasteiger partial charge in [0.1, 0.15) is 5.82 Å². The number of rotatable bonds is 1. The van der Waals surface area contributed by atoms with Crippen LogP contribution >= 0.6 is 11.6 Å². The van der Waals surface area contributed by atoms with Crippen molar-refractivity contribution in [3.63, 3.8) is 0 Å². The van der Waals surface area contributed by atoms with Gasteiger partial charge >= 0.3 is 0 Å². The second-order valence-electron chi connectivity index (χ2n) is 5.62. The van der Waals surface area contributed by atoms with Crippen LogP contribution in [0.25, 0.3) is 0 Å². The summed E-state index contributed by atoms with van der Waals surface area (Å²) in [6, 6.07) is 3.95. The van der Waals surface area contributed by atoms with E-state index < -0.39 is 5.82 Å². The van der Waals surface area contributed by atoms with Gasteiger partial charge < -0.3 is 10.6 Å². The normalized spacial score (nSPS) is 27.6. The highest BCUT2D eigenvalue weighted by Gasteiger charge is 2.35. The summed E-state index contributed by atoms with van der Waals surface area (Å²) in [5, 5.41) is 0.144. The van der Waals surface area contributed by atoms with Gasteiger partial charge in [-0.2, -0.15) is 0 Å². The molecule has 2 atom stereocenters. The first-order valence-electron chi connectivity index (χ1n) is 6.81. The zero-order valence-electron chi connectivity index (χ0n) is 11.1. The molecule has 0 bridgehead atoms. The van der Waals surface area contributed by atoms with Crippen LogP contribution < -0.4 is 10.6 Å². The Morgan fingerprint density at radius 3 is 2.95 bits per heavy atom. The van der Waals surface area contributed by atoms with Crippen molar-refractivity contribution in [1.29, 1.82) is 0 Å². The average molecular weight is 284 g/mol. The van der Waals surface area contributed by atoms with E-state index in [9.17, 15) is 4.39 Å². The van der Waals surface area contributed by atoms with Crippen LogP contribution in [0.1, 0.15) is 19.8 Å². The number of nitrogens with zero attached hydrogens (tertiary/aromatic N) is 2. The standard InChI is InChI=1S/C14H19ClFN3/c1-9-7-18-4-2-3-10(18)8-19(9)14-5-11(15)12(16)6-13(14)17/h5-6,9-10H,2-4,7-8,17H2,1H3. The Morgan fingerprint density at radius 2 is 2.16 bits per heavy atom. The highest BCUT2D eigenvalue weighted by molar-refractivity contribution is 6.31. The summed E-state index contributed by atoms with van der Waals surface area (Å²) in [5.74, 6) is -0.449. The lowest BCUT2D eigenvalue weighted by molar-refractivity contribution is 0.203. The summed E-state index contributed by atoms with van der Waals surface area (Å²) in [6.45, 7) is 5.38.